The monoisotopic (exact) mass is 326 g/mol. The van der Waals surface area contributed by atoms with Crippen LogP contribution in [-0.4, -0.2) is 24.8 Å². The Morgan fingerprint density at radius 1 is 1.42 bits per heavy atom. The molecule has 19 heavy (non-hydrogen) atoms. The van der Waals surface area contributed by atoms with Gasteiger partial charge >= 0.3 is 0 Å². The molecule has 0 saturated carbocycles. The number of aryl methyl sites for hydroxylation is 2. The molecule has 2 heterocycles. The van der Waals surface area contributed by atoms with Crippen molar-refractivity contribution < 1.29 is 0 Å². The molecule has 2 N–H and O–H groups in total. The fourth-order valence-electron chi connectivity index (χ4n) is 1.92. The number of halogens is 1. The van der Waals surface area contributed by atoms with Crippen LogP contribution in [0.3, 0.4) is 0 Å². The lowest BCUT2D eigenvalue weighted by Crippen LogP contribution is -2.09. The van der Waals surface area contributed by atoms with Gasteiger partial charge in [0.2, 0.25) is 0 Å². The first-order chi connectivity index (χ1) is 9.06. The zero-order valence-corrected chi connectivity index (χ0v) is 13.1. The summed E-state index contributed by atoms with van der Waals surface area (Å²) in [6.07, 6.45) is 2.79. The van der Waals surface area contributed by atoms with Crippen LogP contribution in [0.1, 0.15) is 43.9 Å². The van der Waals surface area contributed by atoms with E-state index in [4.69, 9.17) is 5.73 Å². The van der Waals surface area contributed by atoms with Crippen molar-refractivity contribution in [3.8, 4) is 0 Å². The summed E-state index contributed by atoms with van der Waals surface area (Å²) in [5, 5.41) is 12.7. The summed E-state index contributed by atoms with van der Waals surface area (Å²) in [5.41, 5.74) is 8.77. The Bertz CT molecular complexity index is 557. The molecule has 0 aromatic carbocycles. The number of nitrogens with zero attached hydrogens (tertiary/aromatic N) is 5. The van der Waals surface area contributed by atoms with Crippen LogP contribution in [-0.2, 0) is 19.5 Å². The number of aromatic nitrogens is 5. The maximum Gasteiger partial charge on any atom is 0.0991 e. The molecule has 104 valence electrons. The van der Waals surface area contributed by atoms with Gasteiger partial charge in [-0.3, -0.25) is 4.68 Å². The van der Waals surface area contributed by atoms with E-state index in [0.29, 0.717) is 6.54 Å². The third kappa shape index (κ3) is 2.87. The maximum atomic E-state index is 5.79. The number of nitrogens with two attached hydrogens (primary N) is 1. The highest BCUT2D eigenvalue weighted by Gasteiger charge is 2.15. The second-order valence-corrected chi connectivity index (χ2v) is 5.30. The summed E-state index contributed by atoms with van der Waals surface area (Å²) >= 11 is 3.63. The lowest BCUT2D eigenvalue weighted by Gasteiger charge is -2.05. The third-order valence-electron chi connectivity index (χ3n) is 3.03. The summed E-state index contributed by atoms with van der Waals surface area (Å²) in [4.78, 5) is 0. The summed E-state index contributed by atoms with van der Waals surface area (Å²) < 4.78 is 4.86. The van der Waals surface area contributed by atoms with Gasteiger partial charge < -0.3 is 5.73 Å². The van der Waals surface area contributed by atoms with E-state index < -0.39 is 0 Å². The molecule has 7 heteroatoms. The largest absolute Gasteiger partial charge is 0.323 e. The minimum absolute atomic E-state index is 0.0977. The Labute approximate surface area is 121 Å². The van der Waals surface area contributed by atoms with Crippen LogP contribution in [0.2, 0.25) is 0 Å². The first kappa shape index (κ1) is 14.2. The second kappa shape index (κ2) is 5.83. The SMILES string of the molecule is CCc1nn(CC)c(Cn2cc(C(C)N)nn2)c1Br. The van der Waals surface area contributed by atoms with Gasteiger partial charge in [-0.05, 0) is 36.2 Å². The highest BCUT2D eigenvalue weighted by molar-refractivity contribution is 9.10. The first-order valence-corrected chi connectivity index (χ1v) is 7.25. The number of rotatable bonds is 5. The Morgan fingerprint density at radius 2 is 2.16 bits per heavy atom. The average molecular weight is 327 g/mol. The van der Waals surface area contributed by atoms with E-state index in [9.17, 15) is 0 Å². The van der Waals surface area contributed by atoms with Gasteiger partial charge in [0.15, 0.2) is 0 Å². The number of hydrogen-bond donors (Lipinski definition) is 1. The Morgan fingerprint density at radius 3 is 2.68 bits per heavy atom. The molecule has 0 fully saturated rings. The Hall–Kier alpha value is -1.21. The van der Waals surface area contributed by atoms with Gasteiger partial charge in [-0.2, -0.15) is 5.10 Å². The molecule has 0 aliphatic carbocycles. The molecule has 2 rings (SSSR count). The summed E-state index contributed by atoms with van der Waals surface area (Å²) in [6.45, 7) is 7.55. The van der Waals surface area contributed by atoms with Crippen molar-refractivity contribution in [2.24, 2.45) is 5.73 Å². The predicted molar refractivity (Wildman–Crippen MR) is 76.7 cm³/mol. The van der Waals surface area contributed by atoms with Crippen molar-refractivity contribution in [3.05, 3.63) is 27.8 Å². The molecule has 1 unspecified atom stereocenters. The number of hydrogen-bond acceptors (Lipinski definition) is 4. The van der Waals surface area contributed by atoms with E-state index in [1.54, 1.807) is 4.68 Å². The van der Waals surface area contributed by atoms with E-state index in [1.807, 2.05) is 17.8 Å². The maximum absolute atomic E-state index is 5.79. The van der Waals surface area contributed by atoms with E-state index >= 15 is 0 Å². The Balaban J connectivity index is 2.29. The minimum Gasteiger partial charge on any atom is -0.323 e. The highest BCUT2D eigenvalue weighted by Crippen LogP contribution is 2.23. The highest BCUT2D eigenvalue weighted by atomic mass is 79.9. The molecular weight excluding hydrogens is 308 g/mol. The van der Waals surface area contributed by atoms with Crippen LogP contribution < -0.4 is 5.73 Å². The minimum atomic E-state index is -0.0977. The van der Waals surface area contributed by atoms with Gasteiger partial charge in [0.1, 0.15) is 0 Å². The molecule has 0 bridgehead atoms. The molecule has 2 aromatic heterocycles. The summed E-state index contributed by atoms with van der Waals surface area (Å²) in [6, 6.07) is -0.0977. The molecule has 0 saturated heterocycles. The van der Waals surface area contributed by atoms with Crippen molar-refractivity contribution in [1.82, 2.24) is 24.8 Å². The molecule has 0 spiro atoms. The lowest BCUT2D eigenvalue weighted by atomic mass is 10.3. The zero-order valence-electron chi connectivity index (χ0n) is 11.5. The molecule has 6 nitrogen and oxygen atoms in total. The molecule has 0 aliphatic rings. The standard InChI is InChI=1S/C12H19BrN6/c1-4-9-12(13)11(19(5-2)16-9)7-18-6-10(8(3)14)15-17-18/h6,8H,4-5,7,14H2,1-3H3. The van der Waals surface area contributed by atoms with Crippen molar-refractivity contribution >= 4 is 15.9 Å². The van der Waals surface area contributed by atoms with Crippen molar-refractivity contribution in [2.45, 2.75) is 46.3 Å². The van der Waals surface area contributed by atoms with Crippen molar-refractivity contribution in [3.63, 3.8) is 0 Å². The fraction of sp³-hybridized carbons (Fsp3) is 0.583. The van der Waals surface area contributed by atoms with E-state index in [-0.39, 0.29) is 6.04 Å². The first-order valence-electron chi connectivity index (χ1n) is 6.46. The molecule has 1 atom stereocenters. The van der Waals surface area contributed by atoms with Gasteiger partial charge in [0.05, 0.1) is 34.3 Å². The van der Waals surface area contributed by atoms with Gasteiger partial charge in [-0.1, -0.05) is 12.1 Å². The van der Waals surface area contributed by atoms with Crippen LogP contribution in [0.25, 0.3) is 0 Å². The molecular formula is C12H19BrN6. The second-order valence-electron chi connectivity index (χ2n) is 4.51. The van der Waals surface area contributed by atoms with Crippen LogP contribution in [0.4, 0.5) is 0 Å². The molecule has 0 radical (unpaired) electrons. The van der Waals surface area contributed by atoms with Gasteiger partial charge in [-0.25, -0.2) is 4.68 Å². The van der Waals surface area contributed by atoms with Crippen LogP contribution in [0.5, 0.6) is 0 Å². The van der Waals surface area contributed by atoms with Crippen LogP contribution in [0.15, 0.2) is 10.7 Å². The van der Waals surface area contributed by atoms with E-state index in [0.717, 1.165) is 34.5 Å². The summed E-state index contributed by atoms with van der Waals surface area (Å²) in [5.74, 6) is 0. The molecule has 0 amide bonds. The average Bonchev–Trinajstić information content (AvgIpc) is 2.96. The van der Waals surface area contributed by atoms with Crippen LogP contribution in [0, 0.1) is 0 Å². The lowest BCUT2D eigenvalue weighted by molar-refractivity contribution is 0.562. The molecule has 0 aliphatic heterocycles. The van der Waals surface area contributed by atoms with Crippen molar-refractivity contribution in [1.29, 1.82) is 0 Å². The zero-order chi connectivity index (χ0) is 14.0. The van der Waals surface area contributed by atoms with Gasteiger partial charge in [0.25, 0.3) is 0 Å². The van der Waals surface area contributed by atoms with E-state index in [2.05, 4.69) is 45.2 Å². The van der Waals surface area contributed by atoms with Crippen molar-refractivity contribution in [2.75, 3.05) is 0 Å². The summed E-state index contributed by atoms with van der Waals surface area (Å²) in [7, 11) is 0. The van der Waals surface area contributed by atoms with Gasteiger partial charge in [0, 0.05) is 12.6 Å². The van der Waals surface area contributed by atoms with Gasteiger partial charge in [-0.15, -0.1) is 5.10 Å². The smallest absolute Gasteiger partial charge is 0.0991 e. The normalized spacial score (nSPS) is 12.9. The third-order valence-corrected chi connectivity index (χ3v) is 3.94. The molecule has 2 aromatic rings. The fourth-order valence-corrected chi connectivity index (χ4v) is 2.61. The quantitative estimate of drug-likeness (QED) is 0.910. The van der Waals surface area contributed by atoms with E-state index in [1.165, 1.54) is 0 Å². The topological polar surface area (TPSA) is 74.5 Å². The predicted octanol–water partition coefficient (Wildman–Crippen LogP) is 1.89. The van der Waals surface area contributed by atoms with Crippen LogP contribution >= 0.6 is 15.9 Å². The Kier molecular flexibility index (Phi) is 4.36.